The van der Waals surface area contributed by atoms with Gasteiger partial charge in [0.1, 0.15) is 22.0 Å². The van der Waals surface area contributed by atoms with Crippen molar-refractivity contribution in [3.63, 3.8) is 0 Å². The molecule has 1 aliphatic heterocycles. The highest BCUT2D eigenvalue weighted by molar-refractivity contribution is 7.99. The third-order valence-electron chi connectivity index (χ3n) is 4.51. The third-order valence-corrected chi connectivity index (χ3v) is 6.42. The maximum Gasteiger partial charge on any atom is 0.146 e. The predicted octanol–water partition coefficient (Wildman–Crippen LogP) is 3.49. The summed E-state index contributed by atoms with van der Waals surface area (Å²) in [5.74, 6) is 1.81. The van der Waals surface area contributed by atoms with E-state index >= 15 is 0 Å². The van der Waals surface area contributed by atoms with E-state index < -0.39 is 0 Å². The lowest BCUT2D eigenvalue weighted by molar-refractivity contribution is 0.0410. The molecule has 6 nitrogen and oxygen atoms in total. The van der Waals surface area contributed by atoms with Gasteiger partial charge >= 0.3 is 0 Å². The first-order chi connectivity index (χ1) is 13.2. The largest absolute Gasteiger partial charge is 0.497 e. The van der Waals surface area contributed by atoms with Crippen LogP contribution in [-0.2, 0) is 4.74 Å². The Morgan fingerprint density at radius 2 is 1.96 bits per heavy atom. The van der Waals surface area contributed by atoms with Crippen LogP contribution in [0.1, 0.15) is 5.01 Å². The molecule has 0 radical (unpaired) electrons. The van der Waals surface area contributed by atoms with E-state index in [-0.39, 0.29) is 0 Å². The molecule has 1 saturated heterocycles. The second kappa shape index (κ2) is 8.52. The van der Waals surface area contributed by atoms with Gasteiger partial charge in [0.05, 0.1) is 30.0 Å². The Hall–Kier alpha value is -1.74. The fraction of sp³-hybridized carbons (Fsp3) is 0.421. The summed E-state index contributed by atoms with van der Waals surface area (Å²) < 4.78 is 11.8. The van der Waals surface area contributed by atoms with E-state index in [1.165, 1.54) is 0 Å². The number of aromatic nitrogens is 3. The topological polar surface area (TPSA) is 60.4 Å². The van der Waals surface area contributed by atoms with Crippen LogP contribution >= 0.6 is 23.1 Å². The summed E-state index contributed by atoms with van der Waals surface area (Å²) in [6, 6.07) is 7.93. The summed E-state index contributed by atoms with van der Waals surface area (Å²) in [7, 11) is 1.67. The number of thioether (sulfide) groups is 1. The molecule has 4 rings (SSSR count). The molecule has 0 N–H and O–H groups in total. The van der Waals surface area contributed by atoms with Gasteiger partial charge in [0.15, 0.2) is 0 Å². The van der Waals surface area contributed by atoms with E-state index in [0.717, 1.165) is 75.9 Å². The summed E-state index contributed by atoms with van der Waals surface area (Å²) in [6.45, 7) is 6.74. The SMILES string of the molecule is COc1ccc(-c2nnc(SCCN3CCOCC3)c3nc(C)sc23)cc1. The van der Waals surface area contributed by atoms with Crippen LogP contribution in [0, 0.1) is 6.92 Å². The lowest BCUT2D eigenvalue weighted by Crippen LogP contribution is -2.37. The first kappa shape index (κ1) is 18.6. The van der Waals surface area contributed by atoms with Crippen molar-refractivity contribution in [2.24, 2.45) is 0 Å². The Bertz CT molecular complexity index is 908. The van der Waals surface area contributed by atoms with Gasteiger partial charge in [-0.05, 0) is 31.2 Å². The Morgan fingerprint density at radius 1 is 1.19 bits per heavy atom. The highest BCUT2D eigenvalue weighted by atomic mass is 32.2. The van der Waals surface area contributed by atoms with Crippen LogP contribution in [0.2, 0.25) is 0 Å². The van der Waals surface area contributed by atoms with Gasteiger partial charge in [-0.25, -0.2) is 4.98 Å². The van der Waals surface area contributed by atoms with E-state index in [9.17, 15) is 0 Å². The van der Waals surface area contributed by atoms with Gasteiger partial charge in [-0.2, -0.15) is 0 Å². The lowest BCUT2D eigenvalue weighted by atomic mass is 10.1. The molecule has 0 amide bonds. The van der Waals surface area contributed by atoms with E-state index in [1.807, 2.05) is 31.2 Å². The molecule has 0 spiro atoms. The minimum Gasteiger partial charge on any atom is -0.497 e. The van der Waals surface area contributed by atoms with Crippen LogP contribution in [0.5, 0.6) is 5.75 Å². The second-order valence-electron chi connectivity index (χ2n) is 6.30. The van der Waals surface area contributed by atoms with E-state index in [2.05, 4.69) is 15.1 Å². The summed E-state index contributed by atoms with van der Waals surface area (Å²) in [6.07, 6.45) is 0. The smallest absolute Gasteiger partial charge is 0.146 e. The molecule has 3 heterocycles. The van der Waals surface area contributed by atoms with Crippen LogP contribution < -0.4 is 4.74 Å². The monoisotopic (exact) mass is 402 g/mol. The number of nitrogens with zero attached hydrogens (tertiary/aromatic N) is 4. The fourth-order valence-electron chi connectivity index (χ4n) is 3.05. The van der Waals surface area contributed by atoms with Crippen molar-refractivity contribution in [2.45, 2.75) is 11.9 Å². The van der Waals surface area contributed by atoms with Gasteiger partial charge in [-0.15, -0.1) is 33.3 Å². The summed E-state index contributed by atoms with van der Waals surface area (Å²) in [5.41, 5.74) is 2.88. The average molecular weight is 403 g/mol. The second-order valence-corrected chi connectivity index (χ2v) is 8.58. The van der Waals surface area contributed by atoms with Crippen molar-refractivity contribution < 1.29 is 9.47 Å². The number of hydrogen-bond donors (Lipinski definition) is 0. The zero-order chi connectivity index (χ0) is 18.6. The maximum atomic E-state index is 5.41. The minimum atomic E-state index is 0.830. The molecule has 0 saturated carbocycles. The first-order valence-corrected chi connectivity index (χ1v) is 10.8. The van der Waals surface area contributed by atoms with Crippen molar-refractivity contribution in [1.29, 1.82) is 0 Å². The zero-order valence-corrected chi connectivity index (χ0v) is 17.1. The Labute approximate surface area is 166 Å². The number of benzene rings is 1. The summed E-state index contributed by atoms with van der Waals surface area (Å²) in [5, 5.41) is 11.0. The molecule has 142 valence electrons. The number of ether oxygens (including phenoxy) is 2. The van der Waals surface area contributed by atoms with Gasteiger partial charge in [0.2, 0.25) is 0 Å². The summed E-state index contributed by atoms with van der Waals surface area (Å²) >= 11 is 3.41. The number of aryl methyl sites for hydroxylation is 1. The molecule has 8 heteroatoms. The van der Waals surface area contributed by atoms with Crippen molar-refractivity contribution in [1.82, 2.24) is 20.1 Å². The Balaban J connectivity index is 1.56. The molecule has 3 aromatic rings. The predicted molar refractivity (Wildman–Crippen MR) is 110 cm³/mol. The van der Waals surface area contributed by atoms with Crippen LogP contribution in [0.15, 0.2) is 29.3 Å². The molecule has 27 heavy (non-hydrogen) atoms. The van der Waals surface area contributed by atoms with E-state index in [1.54, 1.807) is 30.2 Å². The molecule has 2 aromatic heterocycles. The van der Waals surface area contributed by atoms with Crippen molar-refractivity contribution in [3.05, 3.63) is 29.3 Å². The summed E-state index contributed by atoms with van der Waals surface area (Å²) in [4.78, 5) is 7.17. The normalized spacial score (nSPS) is 15.3. The minimum absolute atomic E-state index is 0.830. The number of methoxy groups -OCH3 is 1. The zero-order valence-electron chi connectivity index (χ0n) is 15.5. The van der Waals surface area contributed by atoms with Crippen LogP contribution in [0.25, 0.3) is 21.5 Å². The quantitative estimate of drug-likeness (QED) is 0.585. The van der Waals surface area contributed by atoms with Gasteiger partial charge < -0.3 is 9.47 Å². The van der Waals surface area contributed by atoms with Crippen LogP contribution in [0.4, 0.5) is 0 Å². The Kier molecular flexibility index (Phi) is 5.87. The van der Waals surface area contributed by atoms with Gasteiger partial charge in [0.25, 0.3) is 0 Å². The Morgan fingerprint density at radius 3 is 2.70 bits per heavy atom. The third kappa shape index (κ3) is 4.24. The molecule has 1 fully saturated rings. The van der Waals surface area contributed by atoms with E-state index in [4.69, 9.17) is 14.5 Å². The molecule has 0 unspecified atom stereocenters. The molecular weight excluding hydrogens is 380 g/mol. The van der Waals surface area contributed by atoms with Gasteiger partial charge in [-0.1, -0.05) is 0 Å². The molecule has 0 atom stereocenters. The van der Waals surface area contributed by atoms with Crippen molar-refractivity contribution in [2.75, 3.05) is 45.7 Å². The van der Waals surface area contributed by atoms with Gasteiger partial charge in [0, 0.05) is 31.0 Å². The number of rotatable bonds is 6. The van der Waals surface area contributed by atoms with Gasteiger partial charge in [-0.3, -0.25) is 4.90 Å². The average Bonchev–Trinajstić information content (AvgIpc) is 3.11. The van der Waals surface area contributed by atoms with Crippen LogP contribution in [-0.4, -0.2) is 65.8 Å². The molecule has 1 aromatic carbocycles. The first-order valence-electron chi connectivity index (χ1n) is 8.96. The van der Waals surface area contributed by atoms with Crippen molar-refractivity contribution >= 4 is 33.3 Å². The molecule has 0 aliphatic carbocycles. The highest BCUT2D eigenvalue weighted by Crippen LogP contribution is 2.35. The number of fused-ring (bicyclic) bond motifs is 1. The fourth-order valence-corrected chi connectivity index (χ4v) is 4.97. The lowest BCUT2D eigenvalue weighted by Gasteiger charge is -2.26. The highest BCUT2D eigenvalue weighted by Gasteiger charge is 2.17. The van der Waals surface area contributed by atoms with Crippen molar-refractivity contribution in [3.8, 4) is 17.0 Å². The molecular formula is C19H22N4O2S2. The number of thiazole rings is 1. The molecule has 0 bridgehead atoms. The maximum absolute atomic E-state index is 5.41. The number of morpholine rings is 1. The number of hydrogen-bond acceptors (Lipinski definition) is 8. The van der Waals surface area contributed by atoms with Crippen LogP contribution in [0.3, 0.4) is 0 Å². The van der Waals surface area contributed by atoms with E-state index in [0.29, 0.717) is 0 Å². The molecule has 1 aliphatic rings. The standard InChI is InChI=1S/C19H22N4O2S2/c1-13-20-17-18(27-13)16(14-3-5-15(24-2)6-4-14)21-22-19(17)26-12-9-23-7-10-25-11-8-23/h3-6H,7-12H2,1-2H3.